The summed E-state index contributed by atoms with van der Waals surface area (Å²) in [4.78, 5) is 39.3. The maximum atomic E-state index is 13.2. The Balaban J connectivity index is 2.01. The number of hydrogen-bond acceptors (Lipinski definition) is 5. The van der Waals surface area contributed by atoms with Crippen LogP contribution in [0.3, 0.4) is 0 Å². The fourth-order valence-electron chi connectivity index (χ4n) is 4.12. The average molecular weight is 437 g/mol. The van der Waals surface area contributed by atoms with Crippen molar-refractivity contribution < 1.29 is 23.9 Å². The van der Waals surface area contributed by atoms with Crippen LogP contribution in [0, 0.1) is 12.3 Å². The van der Waals surface area contributed by atoms with Gasteiger partial charge in [-0.3, -0.25) is 19.8 Å². The summed E-state index contributed by atoms with van der Waals surface area (Å²) in [5.74, 6) is 2.12. The number of hydrogen-bond donors (Lipinski definition) is 1. The highest BCUT2D eigenvalue weighted by Gasteiger charge is 2.40. The molecule has 0 bridgehead atoms. The predicted molar refractivity (Wildman–Crippen MR) is 121 cm³/mol. The van der Waals surface area contributed by atoms with Crippen LogP contribution in [0.25, 0.3) is 6.08 Å². The van der Waals surface area contributed by atoms with Crippen molar-refractivity contribution in [2.24, 2.45) is 0 Å². The normalized spacial score (nSPS) is 18.3. The maximum Gasteiger partial charge on any atom is 0.331 e. The zero-order chi connectivity index (χ0) is 23.1. The molecule has 0 radical (unpaired) electrons. The van der Waals surface area contributed by atoms with Crippen molar-refractivity contribution >= 4 is 23.9 Å². The van der Waals surface area contributed by atoms with Gasteiger partial charge in [-0.2, -0.15) is 0 Å². The molecule has 1 N–H and O–H groups in total. The molecule has 3 rings (SSSR count). The number of carbonyl (C=O) groups excluding carboxylic acids is 3. The number of nitrogens with zero attached hydrogens (tertiary/aromatic N) is 1. The van der Waals surface area contributed by atoms with Gasteiger partial charge in [-0.05, 0) is 50.0 Å². The summed E-state index contributed by atoms with van der Waals surface area (Å²) in [6.45, 7) is 6.09. The van der Waals surface area contributed by atoms with Crippen LogP contribution in [0.5, 0.6) is 11.5 Å². The monoisotopic (exact) mass is 436 g/mol. The maximum absolute atomic E-state index is 13.2. The number of ether oxygens (including phenoxy) is 2. The Kier molecular flexibility index (Phi) is 7.72. The van der Waals surface area contributed by atoms with E-state index in [1.54, 1.807) is 18.2 Å². The highest BCUT2D eigenvalue weighted by Crippen LogP contribution is 2.35. The second-order valence-corrected chi connectivity index (χ2v) is 7.71. The first-order chi connectivity index (χ1) is 15.5. The van der Waals surface area contributed by atoms with Gasteiger partial charge in [0, 0.05) is 11.6 Å². The van der Waals surface area contributed by atoms with Crippen molar-refractivity contribution in [3.8, 4) is 23.8 Å². The fraction of sp³-hybridized carbons (Fsp3) is 0.400. The second-order valence-electron chi connectivity index (χ2n) is 7.71. The lowest BCUT2D eigenvalue weighted by molar-refractivity contribution is -0.132. The number of nitrogens with one attached hydrogen (secondary N) is 1. The summed E-state index contributed by atoms with van der Waals surface area (Å²) in [6, 6.07) is 2.65. The van der Waals surface area contributed by atoms with Crippen LogP contribution in [-0.4, -0.2) is 42.0 Å². The molecule has 7 heteroatoms. The lowest BCUT2D eigenvalue weighted by Crippen LogP contribution is -2.58. The third-order valence-electron chi connectivity index (χ3n) is 5.50. The minimum Gasteiger partial charge on any atom is -0.490 e. The highest BCUT2D eigenvalue weighted by molar-refractivity contribution is 6.31. The number of amides is 4. The molecule has 1 aromatic carbocycles. The van der Waals surface area contributed by atoms with Gasteiger partial charge in [0.15, 0.2) is 11.5 Å². The number of benzene rings is 1. The van der Waals surface area contributed by atoms with E-state index in [1.807, 2.05) is 6.92 Å². The lowest BCUT2D eigenvalue weighted by atomic mass is 9.93. The third-order valence-corrected chi connectivity index (χ3v) is 5.50. The molecule has 1 saturated heterocycles. The molecule has 1 aliphatic heterocycles. The summed E-state index contributed by atoms with van der Waals surface area (Å²) in [7, 11) is 0. The molecule has 2 fully saturated rings. The fourth-order valence-corrected chi connectivity index (χ4v) is 4.12. The van der Waals surface area contributed by atoms with Crippen molar-refractivity contribution in [2.75, 3.05) is 13.2 Å². The number of barbiturate groups is 1. The van der Waals surface area contributed by atoms with Crippen LogP contribution < -0.4 is 14.8 Å². The Hall–Kier alpha value is -3.53. The molecule has 1 aliphatic carbocycles. The molecule has 168 valence electrons. The largest absolute Gasteiger partial charge is 0.490 e. The van der Waals surface area contributed by atoms with Gasteiger partial charge in [-0.15, -0.1) is 13.0 Å². The number of urea groups is 1. The van der Waals surface area contributed by atoms with Gasteiger partial charge < -0.3 is 9.47 Å². The van der Waals surface area contributed by atoms with Crippen molar-refractivity contribution in [2.45, 2.75) is 51.5 Å². The minimum atomic E-state index is -0.706. The smallest absolute Gasteiger partial charge is 0.331 e. The molecule has 1 saturated carbocycles. The minimum absolute atomic E-state index is 0.0734. The van der Waals surface area contributed by atoms with Gasteiger partial charge in [0.1, 0.15) is 12.2 Å². The third kappa shape index (κ3) is 5.02. The van der Waals surface area contributed by atoms with E-state index in [-0.39, 0.29) is 18.2 Å². The number of carbonyl (C=O) groups is 3. The van der Waals surface area contributed by atoms with Crippen molar-refractivity contribution in [1.29, 1.82) is 0 Å². The first-order valence-corrected chi connectivity index (χ1v) is 10.9. The summed E-state index contributed by atoms with van der Waals surface area (Å²) in [6.07, 6.45) is 13.5. The van der Waals surface area contributed by atoms with Crippen molar-refractivity contribution in [3.05, 3.63) is 41.5 Å². The van der Waals surface area contributed by atoms with Crippen LogP contribution in [0.2, 0.25) is 0 Å². The molecule has 0 unspecified atom stereocenters. The van der Waals surface area contributed by atoms with Gasteiger partial charge in [0.2, 0.25) is 0 Å². The Morgan fingerprint density at radius 1 is 1.22 bits per heavy atom. The molecule has 1 heterocycles. The Morgan fingerprint density at radius 2 is 1.97 bits per heavy atom. The molecule has 1 aromatic rings. The molecular formula is C25H28N2O5. The van der Waals surface area contributed by atoms with E-state index >= 15 is 0 Å². The van der Waals surface area contributed by atoms with E-state index in [1.165, 1.54) is 11.0 Å². The molecule has 2 aliphatic rings. The molecular weight excluding hydrogens is 408 g/mol. The Labute approximate surface area is 188 Å². The van der Waals surface area contributed by atoms with E-state index in [2.05, 4.69) is 17.8 Å². The van der Waals surface area contributed by atoms with Crippen LogP contribution in [0.1, 0.15) is 50.2 Å². The molecule has 0 spiro atoms. The average Bonchev–Trinajstić information content (AvgIpc) is 2.77. The van der Waals surface area contributed by atoms with Crippen LogP contribution >= 0.6 is 0 Å². The quantitative estimate of drug-likeness (QED) is 0.291. The number of imide groups is 2. The number of allylic oxidation sites excluding steroid dienone is 1. The first-order valence-electron chi connectivity index (χ1n) is 10.9. The first kappa shape index (κ1) is 23.1. The zero-order valence-corrected chi connectivity index (χ0v) is 18.3. The number of rotatable bonds is 8. The zero-order valence-electron chi connectivity index (χ0n) is 18.3. The van der Waals surface area contributed by atoms with Crippen LogP contribution in [0.15, 0.2) is 30.4 Å². The summed E-state index contributed by atoms with van der Waals surface area (Å²) < 4.78 is 11.4. The van der Waals surface area contributed by atoms with Gasteiger partial charge in [0.25, 0.3) is 11.8 Å². The van der Waals surface area contributed by atoms with Gasteiger partial charge >= 0.3 is 6.03 Å². The summed E-state index contributed by atoms with van der Waals surface area (Å²) >= 11 is 0. The highest BCUT2D eigenvalue weighted by atomic mass is 16.5. The summed E-state index contributed by atoms with van der Waals surface area (Å²) in [5, 5.41) is 2.31. The van der Waals surface area contributed by atoms with Gasteiger partial charge in [-0.1, -0.05) is 31.3 Å². The van der Waals surface area contributed by atoms with Crippen LogP contribution in [-0.2, 0) is 16.0 Å². The van der Waals surface area contributed by atoms with Crippen LogP contribution in [0.4, 0.5) is 4.79 Å². The second kappa shape index (κ2) is 10.7. The standard InChI is InChI=1S/C25H28N2O5/c1-4-10-18-14-17(16-21(31-6-3)22(18)32-13-5-2)15-20-23(28)26-25(30)27(24(20)29)19-11-8-7-9-12-19/h2,4,14-16,19H,1,6-13H2,3H3,(H,26,28,30). The van der Waals surface area contributed by atoms with Gasteiger partial charge in [0.05, 0.1) is 6.61 Å². The topological polar surface area (TPSA) is 84.9 Å². The van der Waals surface area contributed by atoms with Gasteiger partial charge in [-0.25, -0.2) is 4.79 Å². The number of terminal acetylenes is 1. The van der Waals surface area contributed by atoms with Crippen molar-refractivity contribution in [3.63, 3.8) is 0 Å². The molecule has 7 nitrogen and oxygen atoms in total. The van der Waals surface area contributed by atoms with E-state index in [0.29, 0.717) is 30.1 Å². The molecule has 32 heavy (non-hydrogen) atoms. The van der Waals surface area contributed by atoms with E-state index in [9.17, 15) is 14.4 Å². The SMILES string of the molecule is C#CCOc1c(CC=C)cc(C=C2C(=O)NC(=O)N(C3CCCCC3)C2=O)cc1OCC. The summed E-state index contributed by atoms with van der Waals surface area (Å²) in [5.41, 5.74) is 1.26. The Morgan fingerprint density at radius 3 is 2.62 bits per heavy atom. The lowest BCUT2D eigenvalue weighted by Gasteiger charge is -2.35. The van der Waals surface area contributed by atoms with E-state index < -0.39 is 17.8 Å². The molecule has 0 aromatic heterocycles. The Bertz CT molecular complexity index is 983. The predicted octanol–water partition coefficient (Wildman–Crippen LogP) is 3.62. The van der Waals surface area contributed by atoms with Crippen molar-refractivity contribution in [1.82, 2.24) is 10.2 Å². The molecule has 4 amide bonds. The van der Waals surface area contributed by atoms with E-state index in [0.717, 1.165) is 37.7 Å². The molecule has 0 atom stereocenters. The van der Waals surface area contributed by atoms with E-state index in [4.69, 9.17) is 15.9 Å².